The van der Waals surface area contributed by atoms with Crippen molar-refractivity contribution in [2.75, 3.05) is 0 Å². The number of benzene rings is 1. The van der Waals surface area contributed by atoms with Crippen molar-refractivity contribution < 1.29 is 4.39 Å². The molecule has 11 heavy (non-hydrogen) atoms. The van der Waals surface area contributed by atoms with Crippen molar-refractivity contribution >= 4 is 0 Å². The van der Waals surface area contributed by atoms with E-state index in [1.165, 1.54) is 5.56 Å². The zero-order valence-corrected chi connectivity index (χ0v) is 6.45. The van der Waals surface area contributed by atoms with Gasteiger partial charge in [-0.1, -0.05) is 6.07 Å². The maximum Gasteiger partial charge on any atom is 0.128 e. The molecule has 0 fully saturated rings. The van der Waals surface area contributed by atoms with Crippen LogP contribution < -0.4 is 5.32 Å². The molecule has 1 aliphatic rings. The standard InChI is InChI=1S/C9H10FN/c1-6-2-3-9(10)8-5-11-4-7(6)8/h2-3,11H,4-5H2,1H3. The van der Waals surface area contributed by atoms with E-state index in [1.54, 1.807) is 6.07 Å². The molecule has 1 nitrogen and oxygen atoms in total. The molecular formula is C9H10FN. The fraction of sp³-hybridized carbons (Fsp3) is 0.333. The summed E-state index contributed by atoms with van der Waals surface area (Å²) >= 11 is 0. The van der Waals surface area contributed by atoms with Gasteiger partial charge in [0.2, 0.25) is 0 Å². The van der Waals surface area contributed by atoms with Crippen molar-refractivity contribution in [3.63, 3.8) is 0 Å². The van der Waals surface area contributed by atoms with E-state index in [0.29, 0.717) is 6.54 Å². The van der Waals surface area contributed by atoms with Crippen LogP contribution in [0.3, 0.4) is 0 Å². The molecule has 0 aliphatic carbocycles. The Kier molecular flexibility index (Phi) is 1.43. The summed E-state index contributed by atoms with van der Waals surface area (Å²) < 4.78 is 13.0. The monoisotopic (exact) mass is 151 g/mol. The first kappa shape index (κ1) is 6.80. The number of aryl methyl sites for hydroxylation is 1. The van der Waals surface area contributed by atoms with Crippen molar-refractivity contribution in [1.29, 1.82) is 0 Å². The molecule has 0 radical (unpaired) electrons. The average molecular weight is 151 g/mol. The third-order valence-corrected chi connectivity index (χ3v) is 2.21. The summed E-state index contributed by atoms with van der Waals surface area (Å²) in [6.07, 6.45) is 0. The Morgan fingerprint density at radius 3 is 2.73 bits per heavy atom. The third-order valence-electron chi connectivity index (χ3n) is 2.21. The maximum absolute atomic E-state index is 13.0. The normalized spacial score (nSPS) is 15.1. The fourth-order valence-electron chi connectivity index (χ4n) is 1.53. The van der Waals surface area contributed by atoms with Crippen molar-refractivity contribution in [1.82, 2.24) is 5.32 Å². The maximum atomic E-state index is 13.0. The van der Waals surface area contributed by atoms with Crippen LogP contribution in [0.4, 0.5) is 4.39 Å². The zero-order chi connectivity index (χ0) is 7.84. The number of nitrogens with one attached hydrogen (secondary N) is 1. The lowest BCUT2D eigenvalue weighted by atomic mass is 10.0. The molecule has 0 saturated heterocycles. The van der Waals surface area contributed by atoms with Crippen molar-refractivity contribution in [3.05, 3.63) is 34.6 Å². The topological polar surface area (TPSA) is 12.0 Å². The van der Waals surface area contributed by atoms with Gasteiger partial charge in [-0.2, -0.15) is 0 Å². The largest absolute Gasteiger partial charge is 0.308 e. The van der Waals surface area contributed by atoms with Gasteiger partial charge in [0.05, 0.1) is 0 Å². The Morgan fingerprint density at radius 1 is 1.27 bits per heavy atom. The summed E-state index contributed by atoms with van der Waals surface area (Å²) in [7, 11) is 0. The van der Waals surface area contributed by atoms with Gasteiger partial charge in [-0.05, 0) is 24.1 Å². The Hall–Kier alpha value is -0.890. The van der Waals surface area contributed by atoms with Crippen LogP contribution in [0.15, 0.2) is 12.1 Å². The van der Waals surface area contributed by atoms with Crippen LogP contribution in [0.25, 0.3) is 0 Å². The first-order chi connectivity index (χ1) is 5.29. The van der Waals surface area contributed by atoms with Crippen molar-refractivity contribution in [2.45, 2.75) is 20.0 Å². The highest BCUT2D eigenvalue weighted by molar-refractivity contribution is 5.37. The molecule has 1 aromatic carbocycles. The SMILES string of the molecule is Cc1ccc(F)c2c1CNC2. The molecule has 2 heteroatoms. The van der Waals surface area contributed by atoms with Gasteiger partial charge in [0.1, 0.15) is 5.82 Å². The minimum atomic E-state index is -0.0735. The third kappa shape index (κ3) is 0.942. The van der Waals surface area contributed by atoms with E-state index in [-0.39, 0.29) is 5.82 Å². The molecule has 1 heterocycles. The van der Waals surface area contributed by atoms with Gasteiger partial charge in [-0.25, -0.2) is 4.39 Å². The summed E-state index contributed by atoms with van der Waals surface area (Å²) in [6, 6.07) is 3.38. The molecule has 0 aromatic heterocycles. The van der Waals surface area contributed by atoms with Gasteiger partial charge in [0.25, 0.3) is 0 Å². The van der Waals surface area contributed by atoms with Gasteiger partial charge >= 0.3 is 0 Å². The van der Waals surface area contributed by atoms with Gasteiger partial charge in [0, 0.05) is 18.7 Å². The van der Waals surface area contributed by atoms with Crippen molar-refractivity contribution in [3.8, 4) is 0 Å². The Morgan fingerprint density at radius 2 is 2.00 bits per heavy atom. The zero-order valence-electron chi connectivity index (χ0n) is 6.45. The van der Waals surface area contributed by atoms with Crippen LogP contribution >= 0.6 is 0 Å². The summed E-state index contributed by atoms with van der Waals surface area (Å²) in [5.41, 5.74) is 3.18. The highest BCUT2D eigenvalue weighted by atomic mass is 19.1. The lowest BCUT2D eigenvalue weighted by molar-refractivity contribution is 0.608. The molecule has 1 N–H and O–H groups in total. The molecule has 58 valence electrons. The molecule has 2 rings (SSSR count). The van der Waals surface area contributed by atoms with Crippen LogP contribution in [0, 0.1) is 12.7 Å². The molecule has 0 atom stereocenters. The van der Waals surface area contributed by atoms with E-state index < -0.39 is 0 Å². The van der Waals surface area contributed by atoms with Gasteiger partial charge in [0.15, 0.2) is 0 Å². The molecule has 0 unspecified atom stereocenters. The van der Waals surface area contributed by atoms with E-state index in [4.69, 9.17) is 0 Å². The average Bonchev–Trinajstić information content (AvgIpc) is 2.45. The summed E-state index contributed by atoms with van der Waals surface area (Å²) in [5, 5.41) is 3.13. The molecule has 1 aromatic rings. The van der Waals surface area contributed by atoms with E-state index in [0.717, 1.165) is 17.7 Å². The summed E-state index contributed by atoms with van der Waals surface area (Å²) in [4.78, 5) is 0. The number of hydrogen-bond acceptors (Lipinski definition) is 1. The minimum absolute atomic E-state index is 0.0735. The van der Waals surface area contributed by atoms with Crippen molar-refractivity contribution in [2.24, 2.45) is 0 Å². The predicted molar refractivity (Wildman–Crippen MR) is 41.7 cm³/mol. The lowest BCUT2D eigenvalue weighted by Gasteiger charge is -2.02. The van der Waals surface area contributed by atoms with Crippen LogP contribution in [0.5, 0.6) is 0 Å². The van der Waals surface area contributed by atoms with E-state index in [1.807, 2.05) is 13.0 Å². The number of halogens is 1. The van der Waals surface area contributed by atoms with Crippen LogP contribution in [0.1, 0.15) is 16.7 Å². The van der Waals surface area contributed by atoms with Gasteiger partial charge in [-0.15, -0.1) is 0 Å². The number of fused-ring (bicyclic) bond motifs is 1. The van der Waals surface area contributed by atoms with E-state index >= 15 is 0 Å². The fourth-order valence-corrected chi connectivity index (χ4v) is 1.53. The Balaban J connectivity index is 2.64. The second-order valence-electron chi connectivity index (χ2n) is 2.92. The number of hydrogen-bond donors (Lipinski definition) is 1. The summed E-state index contributed by atoms with van der Waals surface area (Å²) in [6.45, 7) is 3.52. The van der Waals surface area contributed by atoms with E-state index in [2.05, 4.69) is 5.32 Å². The highest BCUT2D eigenvalue weighted by Crippen LogP contribution is 2.21. The smallest absolute Gasteiger partial charge is 0.128 e. The quantitative estimate of drug-likeness (QED) is 0.595. The highest BCUT2D eigenvalue weighted by Gasteiger charge is 2.15. The van der Waals surface area contributed by atoms with Gasteiger partial charge < -0.3 is 5.32 Å². The second-order valence-corrected chi connectivity index (χ2v) is 2.92. The molecule has 0 amide bonds. The van der Waals surface area contributed by atoms with Crippen LogP contribution in [-0.2, 0) is 13.1 Å². The minimum Gasteiger partial charge on any atom is -0.308 e. The van der Waals surface area contributed by atoms with Gasteiger partial charge in [-0.3, -0.25) is 0 Å². The molecule has 0 spiro atoms. The molecular weight excluding hydrogens is 141 g/mol. The van der Waals surface area contributed by atoms with Crippen LogP contribution in [0.2, 0.25) is 0 Å². The lowest BCUT2D eigenvalue weighted by Crippen LogP contribution is -2.00. The number of rotatable bonds is 0. The first-order valence-corrected chi connectivity index (χ1v) is 3.76. The first-order valence-electron chi connectivity index (χ1n) is 3.76. The molecule has 0 saturated carbocycles. The second kappa shape index (κ2) is 2.31. The molecule has 0 bridgehead atoms. The predicted octanol–water partition coefficient (Wildman–Crippen LogP) is 1.74. The van der Waals surface area contributed by atoms with E-state index in [9.17, 15) is 4.39 Å². The summed E-state index contributed by atoms with van der Waals surface area (Å²) in [5.74, 6) is -0.0735. The molecule has 1 aliphatic heterocycles. The Bertz CT molecular complexity index is 265. The van der Waals surface area contributed by atoms with Crippen LogP contribution in [-0.4, -0.2) is 0 Å². The Labute approximate surface area is 65.2 Å².